The molecule has 0 aliphatic heterocycles. The van der Waals surface area contributed by atoms with Crippen LogP contribution in [0, 0.1) is 0 Å². The van der Waals surface area contributed by atoms with E-state index in [2.05, 4.69) is 25.9 Å². The van der Waals surface area contributed by atoms with E-state index in [0.717, 1.165) is 22.3 Å². The first-order chi connectivity index (χ1) is 22.6. The number of pyridine rings is 2. The average Bonchev–Trinajstić information content (AvgIpc) is 2.99. The average molecular weight is 666 g/mol. The summed E-state index contributed by atoms with van der Waals surface area (Å²) in [7, 11) is 0. The van der Waals surface area contributed by atoms with Gasteiger partial charge < -0.3 is 34.7 Å². The lowest BCUT2D eigenvalue weighted by molar-refractivity contribution is -0.117. The highest BCUT2D eigenvalue weighted by atomic mass is 16.6. The molecule has 0 spiro atoms. The number of aromatic nitrogens is 2. The van der Waals surface area contributed by atoms with Crippen LogP contribution < -0.4 is 16.0 Å². The SMILES string of the molecule is CCc1c(-c2ccc(NC(=O)CCOCCOCCNC(=O)OC(C)(C)C)nc2)cnc(NC(=O)OC(C)(C)C)c1-c1ccc(O)cc1. The second kappa shape index (κ2) is 17.4. The van der Waals surface area contributed by atoms with Crippen molar-refractivity contribution in [3.63, 3.8) is 0 Å². The van der Waals surface area contributed by atoms with E-state index >= 15 is 0 Å². The van der Waals surface area contributed by atoms with Crippen molar-refractivity contribution >= 4 is 29.7 Å². The van der Waals surface area contributed by atoms with Crippen molar-refractivity contribution in [3.05, 3.63) is 54.4 Å². The number of carbonyl (C=O) groups excluding carboxylic acids is 3. The van der Waals surface area contributed by atoms with Crippen LogP contribution in [0.4, 0.5) is 21.2 Å². The molecule has 2 heterocycles. The molecule has 3 rings (SSSR count). The highest BCUT2D eigenvalue weighted by Crippen LogP contribution is 2.37. The third kappa shape index (κ3) is 12.8. The molecule has 13 heteroatoms. The third-order valence-corrected chi connectivity index (χ3v) is 6.42. The molecule has 13 nitrogen and oxygen atoms in total. The minimum atomic E-state index is -0.689. The first-order valence-electron chi connectivity index (χ1n) is 15.8. The van der Waals surface area contributed by atoms with Crippen molar-refractivity contribution in [2.45, 2.75) is 72.5 Å². The predicted octanol–water partition coefficient (Wildman–Crippen LogP) is 6.31. The Morgan fingerprint density at radius 3 is 1.98 bits per heavy atom. The second-order valence-corrected chi connectivity index (χ2v) is 12.8. The summed E-state index contributed by atoms with van der Waals surface area (Å²) >= 11 is 0. The van der Waals surface area contributed by atoms with Crippen molar-refractivity contribution in [1.82, 2.24) is 15.3 Å². The Morgan fingerprint density at radius 2 is 1.38 bits per heavy atom. The molecule has 2 aromatic heterocycles. The van der Waals surface area contributed by atoms with Crippen LogP contribution in [0.2, 0.25) is 0 Å². The van der Waals surface area contributed by atoms with E-state index in [4.69, 9.17) is 18.9 Å². The number of aromatic hydroxyl groups is 1. The van der Waals surface area contributed by atoms with E-state index in [1.54, 1.807) is 84.3 Å². The Balaban J connectivity index is 1.56. The molecule has 0 atom stereocenters. The number of nitrogens with one attached hydrogen (secondary N) is 3. The number of alkyl carbamates (subject to hydrolysis) is 1. The highest BCUT2D eigenvalue weighted by molar-refractivity contribution is 5.93. The van der Waals surface area contributed by atoms with Crippen molar-refractivity contribution in [3.8, 4) is 28.0 Å². The Bertz CT molecular complexity index is 1510. The minimum Gasteiger partial charge on any atom is -0.508 e. The number of benzene rings is 1. The van der Waals surface area contributed by atoms with Gasteiger partial charge in [0.25, 0.3) is 0 Å². The lowest BCUT2D eigenvalue weighted by atomic mass is 9.92. The maximum Gasteiger partial charge on any atom is 0.413 e. The first kappa shape index (κ1) is 37.7. The standard InChI is InChI=1S/C35H47N5O8/c1-8-26-27(22-38-31(40-33(44)48-35(5,6)7)30(26)23-9-12-25(41)13-10-23)24-11-14-28(37-21-24)39-29(42)15-17-45-19-20-46-18-16-36-32(43)47-34(2,3)4/h9-14,21-22,41H,8,15-20H2,1-7H3,(H,36,43)(H,37,39,42)(H,38,40,44). The molecular formula is C35H47N5O8. The third-order valence-electron chi connectivity index (χ3n) is 6.42. The Kier molecular flexibility index (Phi) is 13.7. The van der Waals surface area contributed by atoms with Crippen LogP contribution in [0.1, 0.15) is 60.5 Å². The minimum absolute atomic E-state index is 0.117. The number of phenolic OH excluding ortho intramolecular Hbond substituents is 1. The molecule has 0 radical (unpaired) electrons. The Labute approximate surface area is 281 Å². The Morgan fingerprint density at radius 1 is 0.750 bits per heavy atom. The highest BCUT2D eigenvalue weighted by Gasteiger charge is 2.22. The van der Waals surface area contributed by atoms with Crippen LogP contribution in [0.5, 0.6) is 5.75 Å². The topological polar surface area (TPSA) is 170 Å². The zero-order valence-electron chi connectivity index (χ0n) is 28.8. The molecule has 3 aromatic rings. The van der Waals surface area contributed by atoms with Gasteiger partial charge in [0.2, 0.25) is 5.91 Å². The van der Waals surface area contributed by atoms with Gasteiger partial charge in [0.15, 0.2) is 0 Å². The lowest BCUT2D eigenvalue weighted by Gasteiger charge is -2.22. The zero-order chi connectivity index (χ0) is 35.3. The number of nitrogens with zero attached hydrogens (tertiary/aromatic N) is 2. The monoisotopic (exact) mass is 665 g/mol. The van der Waals surface area contributed by atoms with E-state index < -0.39 is 23.4 Å². The summed E-state index contributed by atoms with van der Waals surface area (Å²) in [5.74, 6) is 0.585. The molecule has 0 fully saturated rings. The van der Waals surface area contributed by atoms with E-state index in [0.29, 0.717) is 50.0 Å². The van der Waals surface area contributed by atoms with Gasteiger partial charge in [-0.25, -0.2) is 19.6 Å². The van der Waals surface area contributed by atoms with Crippen molar-refractivity contribution in [2.24, 2.45) is 0 Å². The maximum atomic E-state index is 12.7. The zero-order valence-corrected chi connectivity index (χ0v) is 28.8. The summed E-state index contributed by atoms with van der Waals surface area (Å²) in [5, 5.41) is 18.0. The summed E-state index contributed by atoms with van der Waals surface area (Å²) in [6.07, 6.45) is 2.93. The summed E-state index contributed by atoms with van der Waals surface area (Å²) in [4.78, 5) is 45.7. The van der Waals surface area contributed by atoms with Gasteiger partial charge in [0, 0.05) is 35.6 Å². The van der Waals surface area contributed by atoms with E-state index in [9.17, 15) is 19.5 Å². The van der Waals surface area contributed by atoms with Gasteiger partial charge in [-0.05, 0) is 83.4 Å². The van der Waals surface area contributed by atoms with Gasteiger partial charge in [-0.3, -0.25) is 10.1 Å². The number of hydrogen-bond donors (Lipinski definition) is 4. The normalized spacial score (nSPS) is 11.5. The Hall–Kier alpha value is -4.75. The number of anilines is 2. The number of rotatable bonds is 14. The number of ether oxygens (including phenoxy) is 4. The quantitative estimate of drug-likeness (QED) is 0.143. The van der Waals surface area contributed by atoms with Gasteiger partial charge in [-0.1, -0.05) is 19.1 Å². The molecular weight excluding hydrogens is 618 g/mol. The molecule has 0 aliphatic rings. The van der Waals surface area contributed by atoms with Crippen LogP contribution in [-0.2, 0) is 30.2 Å². The van der Waals surface area contributed by atoms with Gasteiger partial charge in [-0.2, -0.15) is 0 Å². The fourth-order valence-corrected chi connectivity index (χ4v) is 4.46. The molecule has 0 saturated carbocycles. The molecule has 260 valence electrons. The molecule has 0 saturated heterocycles. The van der Waals surface area contributed by atoms with Gasteiger partial charge in [0.05, 0.1) is 32.8 Å². The largest absolute Gasteiger partial charge is 0.508 e. The van der Waals surface area contributed by atoms with Crippen LogP contribution in [0.15, 0.2) is 48.8 Å². The smallest absolute Gasteiger partial charge is 0.413 e. The maximum absolute atomic E-state index is 12.7. The first-order valence-corrected chi connectivity index (χ1v) is 15.8. The lowest BCUT2D eigenvalue weighted by Crippen LogP contribution is -2.34. The van der Waals surface area contributed by atoms with Crippen LogP contribution >= 0.6 is 0 Å². The van der Waals surface area contributed by atoms with Crippen LogP contribution in [0.3, 0.4) is 0 Å². The van der Waals surface area contributed by atoms with Crippen molar-refractivity contribution in [1.29, 1.82) is 0 Å². The summed E-state index contributed by atoms with van der Waals surface area (Å²) in [6.45, 7) is 14.2. The molecule has 0 bridgehead atoms. The van der Waals surface area contributed by atoms with Crippen LogP contribution in [-0.4, -0.2) is 77.3 Å². The van der Waals surface area contributed by atoms with Gasteiger partial charge in [-0.15, -0.1) is 0 Å². The van der Waals surface area contributed by atoms with E-state index in [-0.39, 0.29) is 24.7 Å². The number of hydrogen-bond acceptors (Lipinski definition) is 10. The summed E-state index contributed by atoms with van der Waals surface area (Å²) < 4.78 is 21.5. The van der Waals surface area contributed by atoms with E-state index in [1.165, 1.54) is 0 Å². The van der Waals surface area contributed by atoms with Gasteiger partial charge in [0.1, 0.15) is 28.6 Å². The predicted molar refractivity (Wildman–Crippen MR) is 183 cm³/mol. The molecule has 0 aliphatic carbocycles. The molecule has 3 amide bonds. The summed E-state index contributed by atoms with van der Waals surface area (Å²) in [6, 6.07) is 10.2. The second-order valence-electron chi connectivity index (χ2n) is 12.8. The number of phenols is 1. The fourth-order valence-electron chi connectivity index (χ4n) is 4.46. The molecule has 1 aromatic carbocycles. The van der Waals surface area contributed by atoms with Crippen LogP contribution in [0.25, 0.3) is 22.3 Å². The number of carbonyl (C=O) groups is 3. The summed E-state index contributed by atoms with van der Waals surface area (Å²) in [5.41, 5.74) is 2.68. The fraction of sp³-hybridized carbons (Fsp3) is 0.457. The van der Waals surface area contributed by atoms with Crippen molar-refractivity contribution in [2.75, 3.05) is 43.6 Å². The van der Waals surface area contributed by atoms with E-state index in [1.807, 2.05) is 13.0 Å². The van der Waals surface area contributed by atoms with Crippen molar-refractivity contribution < 1.29 is 38.4 Å². The molecule has 0 unspecified atom stereocenters. The molecule has 48 heavy (non-hydrogen) atoms. The number of amides is 3. The molecule has 4 N–H and O–H groups in total. The van der Waals surface area contributed by atoms with Gasteiger partial charge >= 0.3 is 12.2 Å².